The Hall–Kier alpha value is -2.35. The first kappa shape index (κ1) is 15.5. The largest absolute Gasteiger partial charge is 0.481 e. The summed E-state index contributed by atoms with van der Waals surface area (Å²) in [4.78, 5) is 25.2. The summed E-state index contributed by atoms with van der Waals surface area (Å²) in [5, 5.41) is 16.9. The zero-order chi connectivity index (χ0) is 16.2. The van der Waals surface area contributed by atoms with Crippen LogP contribution >= 0.6 is 11.8 Å². The van der Waals surface area contributed by atoms with Crippen LogP contribution in [0.3, 0.4) is 0 Å². The van der Waals surface area contributed by atoms with Gasteiger partial charge in [-0.1, -0.05) is 23.4 Å². The van der Waals surface area contributed by atoms with Crippen LogP contribution < -0.4 is 0 Å². The first-order chi connectivity index (χ1) is 11.1. The van der Waals surface area contributed by atoms with Crippen molar-refractivity contribution in [2.75, 3.05) is 18.1 Å². The molecular formula is C15H16N4O3S. The molecule has 1 atom stereocenters. The van der Waals surface area contributed by atoms with Crippen molar-refractivity contribution in [2.45, 2.75) is 12.5 Å². The maximum absolute atomic E-state index is 12.6. The number of carboxylic acids is 1. The fraction of sp³-hybridized carbons (Fsp3) is 0.333. The Bertz CT molecular complexity index is 704. The highest BCUT2D eigenvalue weighted by Gasteiger charge is 2.30. The van der Waals surface area contributed by atoms with E-state index in [1.807, 2.05) is 30.3 Å². The zero-order valence-corrected chi connectivity index (χ0v) is 13.1. The van der Waals surface area contributed by atoms with E-state index in [4.69, 9.17) is 5.11 Å². The van der Waals surface area contributed by atoms with Crippen LogP contribution in [0.1, 0.15) is 16.9 Å². The smallest absolute Gasteiger partial charge is 0.305 e. The number of carboxylic acid groups (broad SMARTS) is 1. The molecule has 120 valence electrons. The van der Waals surface area contributed by atoms with E-state index < -0.39 is 5.97 Å². The highest BCUT2D eigenvalue weighted by atomic mass is 32.2. The lowest BCUT2D eigenvalue weighted by Crippen LogP contribution is -2.47. The number of rotatable bonds is 4. The van der Waals surface area contributed by atoms with Gasteiger partial charge in [-0.25, -0.2) is 4.68 Å². The molecule has 0 radical (unpaired) electrons. The highest BCUT2D eigenvalue weighted by molar-refractivity contribution is 7.99. The van der Waals surface area contributed by atoms with Gasteiger partial charge in [0.15, 0.2) is 5.69 Å². The van der Waals surface area contributed by atoms with Crippen LogP contribution in [-0.2, 0) is 4.79 Å². The van der Waals surface area contributed by atoms with Gasteiger partial charge in [-0.05, 0) is 12.1 Å². The second kappa shape index (κ2) is 6.82. The molecule has 1 amide bonds. The van der Waals surface area contributed by atoms with Gasteiger partial charge in [0.1, 0.15) is 0 Å². The van der Waals surface area contributed by atoms with E-state index in [0.29, 0.717) is 12.3 Å². The van der Waals surface area contributed by atoms with E-state index in [1.54, 1.807) is 22.9 Å². The minimum Gasteiger partial charge on any atom is -0.481 e. The van der Waals surface area contributed by atoms with Gasteiger partial charge in [0.2, 0.25) is 0 Å². The fourth-order valence-electron chi connectivity index (χ4n) is 2.51. The summed E-state index contributed by atoms with van der Waals surface area (Å²) in [6.45, 7) is 0.527. The Morgan fingerprint density at radius 2 is 2.09 bits per heavy atom. The molecule has 23 heavy (non-hydrogen) atoms. The van der Waals surface area contributed by atoms with Gasteiger partial charge in [0, 0.05) is 18.1 Å². The number of carbonyl (C=O) groups excluding carboxylic acids is 1. The third-order valence-electron chi connectivity index (χ3n) is 3.63. The van der Waals surface area contributed by atoms with Crippen LogP contribution in [0.15, 0.2) is 36.5 Å². The highest BCUT2D eigenvalue weighted by Crippen LogP contribution is 2.21. The number of nitrogens with zero attached hydrogens (tertiary/aromatic N) is 4. The molecule has 1 aromatic heterocycles. The normalized spacial score (nSPS) is 17.9. The van der Waals surface area contributed by atoms with Crippen molar-refractivity contribution < 1.29 is 14.7 Å². The van der Waals surface area contributed by atoms with Crippen molar-refractivity contribution >= 4 is 23.6 Å². The van der Waals surface area contributed by atoms with Gasteiger partial charge in [0.05, 0.1) is 24.3 Å². The second-order valence-electron chi connectivity index (χ2n) is 5.21. The molecule has 1 aromatic carbocycles. The Labute approximate surface area is 137 Å². The third-order valence-corrected chi connectivity index (χ3v) is 4.72. The van der Waals surface area contributed by atoms with Gasteiger partial charge < -0.3 is 10.0 Å². The standard InChI is InChI=1S/C15H16N4O3S/c20-14(21)8-12-10-23-7-6-18(12)15(22)13-9-19(17-16-13)11-4-2-1-3-5-11/h1-5,9,12H,6-8,10H2,(H,20,21). The molecule has 8 heteroatoms. The Morgan fingerprint density at radius 3 is 2.83 bits per heavy atom. The molecule has 2 aromatic rings. The number of hydrogen-bond acceptors (Lipinski definition) is 5. The molecule has 1 unspecified atom stereocenters. The van der Waals surface area contributed by atoms with Crippen molar-refractivity contribution in [3.8, 4) is 5.69 Å². The minimum atomic E-state index is -0.900. The van der Waals surface area contributed by atoms with Gasteiger partial charge in [-0.2, -0.15) is 11.8 Å². The fourth-order valence-corrected chi connectivity index (χ4v) is 3.57. The van der Waals surface area contributed by atoms with Gasteiger partial charge >= 0.3 is 5.97 Å². The van der Waals surface area contributed by atoms with Crippen LogP contribution in [0.2, 0.25) is 0 Å². The molecule has 1 saturated heterocycles. The van der Waals surface area contributed by atoms with Crippen LogP contribution in [0, 0.1) is 0 Å². The SMILES string of the molecule is O=C(O)CC1CSCCN1C(=O)c1cn(-c2ccccc2)nn1. The first-order valence-corrected chi connectivity index (χ1v) is 8.39. The molecule has 1 fully saturated rings. The maximum atomic E-state index is 12.6. The summed E-state index contributed by atoms with van der Waals surface area (Å²) in [6.07, 6.45) is 1.53. The topological polar surface area (TPSA) is 88.3 Å². The molecule has 0 bridgehead atoms. The molecule has 1 N–H and O–H groups in total. The number of carbonyl (C=O) groups is 2. The first-order valence-electron chi connectivity index (χ1n) is 7.23. The van der Waals surface area contributed by atoms with Gasteiger partial charge in [-0.15, -0.1) is 5.10 Å². The Kier molecular flexibility index (Phi) is 4.61. The molecule has 0 saturated carbocycles. The minimum absolute atomic E-state index is 0.0500. The number of benzene rings is 1. The van der Waals surface area contributed by atoms with E-state index in [0.717, 1.165) is 11.4 Å². The number of hydrogen-bond donors (Lipinski definition) is 1. The summed E-state index contributed by atoms with van der Waals surface area (Å²) in [5.74, 6) is 0.265. The van der Waals surface area contributed by atoms with Crippen LogP contribution in [0.5, 0.6) is 0 Å². The summed E-state index contributed by atoms with van der Waals surface area (Å²) in [6, 6.07) is 9.09. The van der Waals surface area contributed by atoms with Crippen LogP contribution in [0.4, 0.5) is 0 Å². The summed E-state index contributed by atoms with van der Waals surface area (Å²) in [7, 11) is 0. The van der Waals surface area contributed by atoms with E-state index in [2.05, 4.69) is 10.3 Å². The molecular weight excluding hydrogens is 316 g/mol. The number of aromatic nitrogens is 3. The molecule has 1 aliphatic heterocycles. The van der Waals surface area contributed by atoms with Crippen molar-refractivity contribution in [3.63, 3.8) is 0 Å². The second-order valence-corrected chi connectivity index (χ2v) is 6.36. The number of thioether (sulfide) groups is 1. The monoisotopic (exact) mass is 332 g/mol. The lowest BCUT2D eigenvalue weighted by atomic mass is 10.2. The van der Waals surface area contributed by atoms with Crippen molar-refractivity contribution in [1.29, 1.82) is 0 Å². The van der Waals surface area contributed by atoms with Gasteiger partial charge in [0.25, 0.3) is 5.91 Å². The zero-order valence-electron chi connectivity index (χ0n) is 12.3. The lowest BCUT2D eigenvalue weighted by molar-refractivity contribution is -0.138. The molecule has 0 aliphatic carbocycles. The average Bonchev–Trinajstić information content (AvgIpc) is 3.05. The number of para-hydroxylation sites is 1. The third kappa shape index (κ3) is 3.53. The van der Waals surface area contributed by atoms with E-state index in [-0.39, 0.29) is 24.1 Å². The number of amides is 1. The summed E-state index contributed by atoms with van der Waals surface area (Å²) < 4.78 is 1.54. The van der Waals surface area contributed by atoms with Crippen molar-refractivity contribution in [3.05, 3.63) is 42.2 Å². The molecule has 3 rings (SSSR count). The maximum Gasteiger partial charge on any atom is 0.305 e. The molecule has 1 aliphatic rings. The van der Waals surface area contributed by atoms with E-state index in [9.17, 15) is 9.59 Å². The predicted molar refractivity (Wildman–Crippen MR) is 85.8 cm³/mol. The van der Waals surface area contributed by atoms with Crippen LogP contribution in [-0.4, -0.2) is 61.0 Å². The van der Waals surface area contributed by atoms with E-state index in [1.165, 1.54) is 4.68 Å². The Morgan fingerprint density at radius 1 is 1.30 bits per heavy atom. The number of aliphatic carboxylic acids is 1. The summed E-state index contributed by atoms with van der Waals surface area (Å²) >= 11 is 1.66. The van der Waals surface area contributed by atoms with Crippen molar-refractivity contribution in [2.24, 2.45) is 0 Å². The average molecular weight is 332 g/mol. The van der Waals surface area contributed by atoms with Gasteiger partial charge in [-0.3, -0.25) is 9.59 Å². The lowest BCUT2D eigenvalue weighted by Gasteiger charge is -2.33. The predicted octanol–water partition coefficient (Wildman–Crippen LogP) is 1.30. The molecule has 0 spiro atoms. The molecule has 7 nitrogen and oxygen atoms in total. The Balaban J connectivity index is 1.79. The quantitative estimate of drug-likeness (QED) is 0.908. The van der Waals surface area contributed by atoms with Crippen molar-refractivity contribution in [1.82, 2.24) is 19.9 Å². The van der Waals surface area contributed by atoms with Crippen LogP contribution in [0.25, 0.3) is 5.69 Å². The molecule has 2 heterocycles. The summed E-state index contributed by atoms with van der Waals surface area (Å²) in [5.41, 5.74) is 1.05. The van der Waals surface area contributed by atoms with E-state index >= 15 is 0 Å².